The van der Waals surface area contributed by atoms with Crippen molar-refractivity contribution in [3.8, 4) is 5.75 Å². The Kier molecular flexibility index (Phi) is 14.6. The average Bonchev–Trinajstić information content (AvgIpc) is 2.84. The van der Waals surface area contributed by atoms with Crippen molar-refractivity contribution in [2.45, 2.75) is 84.4 Å². The molecule has 0 saturated carbocycles. The molecule has 0 aromatic heterocycles. The monoisotopic (exact) mass is 553 g/mol. The summed E-state index contributed by atoms with van der Waals surface area (Å²) in [6.45, 7) is 9.29. The van der Waals surface area contributed by atoms with Crippen LogP contribution in [0.2, 0.25) is 0 Å². The molecule has 214 valence electrons. The lowest BCUT2D eigenvalue weighted by Crippen LogP contribution is -2.54. The van der Waals surface area contributed by atoms with E-state index in [1.807, 2.05) is 0 Å². The smallest absolute Gasteiger partial charge is 0.408 e. The Hall–Kier alpha value is -2.95. The van der Waals surface area contributed by atoms with Gasteiger partial charge in [0, 0.05) is 24.4 Å². The summed E-state index contributed by atoms with van der Waals surface area (Å²) in [5.74, 6) is -1.78. The molecule has 0 saturated heterocycles. The summed E-state index contributed by atoms with van der Waals surface area (Å²) in [5.41, 5.74) is -0.550. The number of aromatic hydroxyl groups is 1. The average molecular weight is 554 g/mol. The number of alkyl carbamates (subject to hydrolysis) is 1. The Morgan fingerprint density at radius 3 is 2.34 bits per heavy atom. The SMILES string of the molecule is CCCCCCN(C(=O)C(CS)NC(=O)OC(C)(C)C)C(C(=O)NCCC(=O)OCC)c1ccccc1O. The molecular weight excluding hydrogens is 510 g/mol. The van der Waals surface area contributed by atoms with Crippen LogP contribution in [0.5, 0.6) is 5.75 Å². The molecule has 0 bridgehead atoms. The van der Waals surface area contributed by atoms with Crippen LogP contribution in [0.3, 0.4) is 0 Å². The number of rotatable bonds is 15. The number of ether oxygens (including phenoxy) is 2. The first-order valence-corrected chi connectivity index (χ1v) is 13.7. The van der Waals surface area contributed by atoms with Gasteiger partial charge in [-0.05, 0) is 40.2 Å². The molecule has 3 amide bonds. The first-order valence-electron chi connectivity index (χ1n) is 13.1. The highest BCUT2D eigenvalue weighted by atomic mass is 32.1. The van der Waals surface area contributed by atoms with E-state index in [9.17, 15) is 24.3 Å². The van der Waals surface area contributed by atoms with Crippen LogP contribution in [0.1, 0.15) is 78.3 Å². The Bertz CT molecular complexity index is 920. The third kappa shape index (κ3) is 11.6. The minimum atomic E-state index is -1.21. The largest absolute Gasteiger partial charge is 0.508 e. The lowest BCUT2D eigenvalue weighted by Gasteiger charge is -2.34. The van der Waals surface area contributed by atoms with Crippen molar-refractivity contribution in [3.63, 3.8) is 0 Å². The summed E-state index contributed by atoms with van der Waals surface area (Å²) in [6.07, 6.45) is 2.52. The molecule has 3 N–H and O–H groups in total. The van der Waals surface area contributed by atoms with Crippen molar-refractivity contribution >= 4 is 36.5 Å². The standard InChI is InChI=1S/C27H43N3O7S/c1-6-8-9-12-17-30(25(34)20(18-38)29-26(35)37-27(3,4)5)23(19-13-10-11-14-21(19)31)24(33)28-16-15-22(32)36-7-2/h10-11,13-14,20,23,31,38H,6-9,12,15-18H2,1-5H3,(H,28,33)(H,29,35). The highest BCUT2D eigenvalue weighted by molar-refractivity contribution is 7.80. The van der Waals surface area contributed by atoms with Gasteiger partial charge in [0.15, 0.2) is 0 Å². The zero-order valence-electron chi connectivity index (χ0n) is 23.1. The number of esters is 1. The number of unbranched alkanes of at least 4 members (excludes halogenated alkanes) is 3. The second-order valence-electron chi connectivity index (χ2n) is 9.78. The Balaban J connectivity index is 3.33. The molecule has 10 nitrogen and oxygen atoms in total. The van der Waals surface area contributed by atoms with Crippen LogP contribution >= 0.6 is 12.6 Å². The third-order valence-electron chi connectivity index (χ3n) is 5.43. The highest BCUT2D eigenvalue weighted by Gasteiger charge is 2.36. The van der Waals surface area contributed by atoms with Gasteiger partial charge in [-0.3, -0.25) is 14.4 Å². The number of carbonyl (C=O) groups excluding carboxylic acids is 4. The summed E-state index contributed by atoms with van der Waals surface area (Å²) >= 11 is 4.27. The molecule has 0 radical (unpaired) electrons. The number of hydrogen-bond acceptors (Lipinski definition) is 8. The lowest BCUT2D eigenvalue weighted by molar-refractivity contribution is -0.144. The van der Waals surface area contributed by atoms with Gasteiger partial charge >= 0.3 is 12.1 Å². The van der Waals surface area contributed by atoms with Crippen molar-refractivity contribution in [1.82, 2.24) is 15.5 Å². The summed E-state index contributed by atoms with van der Waals surface area (Å²) in [6, 6.07) is 3.97. The first kappa shape index (κ1) is 33.1. The Labute approximate surface area is 231 Å². The third-order valence-corrected chi connectivity index (χ3v) is 5.80. The fourth-order valence-electron chi connectivity index (χ4n) is 3.70. The van der Waals surface area contributed by atoms with Crippen LogP contribution in [-0.4, -0.2) is 71.0 Å². The molecule has 38 heavy (non-hydrogen) atoms. The van der Waals surface area contributed by atoms with Crippen LogP contribution in [-0.2, 0) is 23.9 Å². The molecule has 0 aliphatic rings. The van der Waals surface area contributed by atoms with Crippen molar-refractivity contribution < 1.29 is 33.8 Å². The van der Waals surface area contributed by atoms with Crippen molar-refractivity contribution in [2.75, 3.05) is 25.4 Å². The maximum atomic E-state index is 13.8. The number of thiol groups is 1. The fourth-order valence-corrected chi connectivity index (χ4v) is 3.95. The number of para-hydroxylation sites is 1. The van der Waals surface area contributed by atoms with Crippen molar-refractivity contribution in [1.29, 1.82) is 0 Å². The number of carbonyl (C=O) groups is 4. The molecule has 0 fully saturated rings. The number of hydrogen-bond donors (Lipinski definition) is 4. The van der Waals surface area contributed by atoms with E-state index in [4.69, 9.17) is 9.47 Å². The predicted molar refractivity (Wildman–Crippen MR) is 148 cm³/mol. The zero-order chi connectivity index (χ0) is 28.7. The second kappa shape index (κ2) is 16.8. The van der Waals surface area contributed by atoms with Crippen molar-refractivity contribution in [2.24, 2.45) is 0 Å². The van der Waals surface area contributed by atoms with Gasteiger partial charge in [0.05, 0.1) is 13.0 Å². The van der Waals surface area contributed by atoms with Gasteiger partial charge in [-0.15, -0.1) is 0 Å². The molecule has 0 aliphatic carbocycles. The van der Waals surface area contributed by atoms with E-state index in [0.29, 0.717) is 6.42 Å². The maximum Gasteiger partial charge on any atom is 0.408 e. The summed E-state index contributed by atoms with van der Waals surface area (Å²) in [7, 11) is 0. The topological polar surface area (TPSA) is 134 Å². The van der Waals surface area contributed by atoms with Gasteiger partial charge in [0.1, 0.15) is 23.4 Å². The molecule has 1 aromatic carbocycles. The van der Waals surface area contributed by atoms with Gasteiger partial charge in [-0.2, -0.15) is 12.6 Å². The molecule has 2 atom stereocenters. The van der Waals surface area contributed by atoms with E-state index >= 15 is 0 Å². The first-order chi connectivity index (χ1) is 17.9. The summed E-state index contributed by atoms with van der Waals surface area (Å²) in [5, 5.41) is 15.9. The van der Waals surface area contributed by atoms with Gasteiger partial charge in [-0.25, -0.2) is 4.79 Å². The summed E-state index contributed by atoms with van der Waals surface area (Å²) < 4.78 is 10.2. The van der Waals surface area contributed by atoms with Gasteiger partial charge in [-0.1, -0.05) is 44.4 Å². The number of phenolic OH excluding ortho intramolecular Hbond substituents is 1. The maximum absolute atomic E-state index is 13.8. The molecule has 1 aromatic rings. The Morgan fingerprint density at radius 2 is 1.76 bits per heavy atom. The predicted octanol–water partition coefficient (Wildman–Crippen LogP) is 3.73. The summed E-state index contributed by atoms with van der Waals surface area (Å²) in [4.78, 5) is 52.8. The number of phenols is 1. The minimum Gasteiger partial charge on any atom is -0.508 e. The molecule has 0 aliphatic heterocycles. The highest BCUT2D eigenvalue weighted by Crippen LogP contribution is 2.30. The van der Waals surface area contributed by atoms with E-state index in [2.05, 4.69) is 30.2 Å². The number of benzene rings is 1. The number of amides is 3. The molecule has 2 unspecified atom stereocenters. The quantitative estimate of drug-likeness (QED) is 0.148. The van der Waals surface area contributed by atoms with E-state index in [-0.39, 0.29) is 43.2 Å². The van der Waals surface area contributed by atoms with E-state index < -0.39 is 41.6 Å². The van der Waals surface area contributed by atoms with Gasteiger partial charge in [0.2, 0.25) is 11.8 Å². The van der Waals surface area contributed by atoms with Crippen molar-refractivity contribution in [3.05, 3.63) is 29.8 Å². The fraction of sp³-hybridized carbons (Fsp3) is 0.630. The van der Waals surface area contributed by atoms with E-state index in [1.165, 1.54) is 11.0 Å². The van der Waals surface area contributed by atoms with Crippen LogP contribution in [0.15, 0.2) is 24.3 Å². The molecule has 0 spiro atoms. The number of nitrogens with one attached hydrogen (secondary N) is 2. The Morgan fingerprint density at radius 1 is 1.08 bits per heavy atom. The lowest BCUT2D eigenvalue weighted by atomic mass is 10.0. The van der Waals surface area contributed by atoms with E-state index in [0.717, 1.165) is 19.3 Å². The van der Waals surface area contributed by atoms with Gasteiger partial charge in [0.25, 0.3) is 0 Å². The molecule has 11 heteroatoms. The van der Waals surface area contributed by atoms with E-state index in [1.54, 1.807) is 45.9 Å². The van der Waals surface area contributed by atoms with Crippen LogP contribution in [0.25, 0.3) is 0 Å². The number of nitrogens with zero attached hydrogens (tertiary/aromatic N) is 1. The van der Waals surface area contributed by atoms with Gasteiger partial charge < -0.3 is 30.1 Å². The van der Waals surface area contributed by atoms with Crippen LogP contribution in [0, 0.1) is 0 Å². The molecular formula is C27H43N3O7S. The zero-order valence-corrected chi connectivity index (χ0v) is 24.0. The molecule has 0 heterocycles. The van der Waals surface area contributed by atoms with Crippen LogP contribution in [0.4, 0.5) is 4.79 Å². The normalized spacial score (nSPS) is 12.7. The van der Waals surface area contributed by atoms with Crippen LogP contribution < -0.4 is 10.6 Å². The second-order valence-corrected chi connectivity index (χ2v) is 10.1. The molecule has 1 rings (SSSR count). The minimum absolute atomic E-state index is 0.00815.